The summed E-state index contributed by atoms with van der Waals surface area (Å²) in [6, 6.07) is 10.9. The molecule has 1 heterocycles. The van der Waals surface area contributed by atoms with E-state index in [1.54, 1.807) is 26.4 Å². The minimum Gasteiger partial charge on any atom is -0.497 e. The zero-order chi connectivity index (χ0) is 17.9. The number of carbonyl (C=O) groups excluding carboxylic acids is 1. The molecule has 0 saturated carbocycles. The predicted octanol–water partition coefficient (Wildman–Crippen LogP) is 1.96. The summed E-state index contributed by atoms with van der Waals surface area (Å²) in [6.45, 7) is 2.04. The highest BCUT2D eigenvalue weighted by molar-refractivity contribution is 5.94. The third-order valence-corrected chi connectivity index (χ3v) is 3.35. The Morgan fingerprint density at radius 1 is 1.00 bits per heavy atom. The molecule has 0 saturated heterocycles. The average Bonchev–Trinajstić information content (AvgIpc) is 2.66. The predicted molar refractivity (Wildman–Crippen MR) is 95.4 cm³/mol. The van der Waals surface area contributed by atoms with Crippen molar-refractivity contribution < 1.29 is 19.0 Å². The van der Waals surface area contributed by atoms with Crippen molar-refractivity contribution in [3.05, 3.63) is 48.2 Å². The van der Waals surface area contributed by atoms with E-state index < -0.39 is 0 Å². The van der Waals surface area contributed by atoms with Gasteiger partial charge in [0, 0.05) is 19.9 Å². The van der Waals surface area contributed by atoms with Crippen molar-refractivity contribution in [2.75, 3.05) is 45.8 Å². The summed E-state index contributed by atoms with van der Waals surface area (Å²) < 4.78 is 15.6. The Morgan fingerprint density at radius 2 is 1.76 bits per heavy atom. The number of hydrogen-bond donors (Lipinski definition) is 2. The van der Waals surface area contributed by atoms with Crippen molar-refractivity contribution in [1.82, 2.24) is 10.3 Å². The van der Waals surface area contributed by atoms with Gasteiger partial charge in [-0.25, -0.2) is 4.98 Å². The molecule has 1 aromatic carbocycles. The maximum absolute atomic E-state index is 11.8. The standard InChI is InChI=1S/C18H23N3O4/c1-23-11-9-20-18(22)14-3-8-17(21-13-14)19-10-12-25-16-6-4-15(24-2)5-7-16/h3-8,13H,9-12H2,1-2H3,(H,19,21)(H,20,22). The molecule has 7 nitrogen and oxygen atoms in total. The van der Waals surface area contributed by atoms with Gasteiger partial charge >= 0.3 is 0 Å². The number of methoxy groups -OCH3 is 2. The zero-order valence-electron chi connectivity index (χ0n) is 14.5. The number of hydrogen-bond acceptors (Lipinski definition) is 6. The lowest BCUT2D eigenvalue weighted by atomic mass is 10.2. The van der Waals surface area contributed by atoms with E-state index in [0.717, 1.165) is 11.5 Å². The summed E-state index contributed by atoms with van der Waals surface area (Å²) >= 11 is 0. The molecule has 0 aliphatic carbocycles. The molecule has 0 atom stereocenters. The van der Waals surface area contributed by atoms with E-state index in [1.807, 2.05) is 24.3 Å². The number of ether oxygens (including phenoxy) is 3. The van der Waals surface area contributed by atoms with E-state index in [4.69, 9.17) is 14.2 Å². The van der Waals surface area contributed by atoms with Gasteiger partial charge in [-0.05, 0) is 36.4 Å². The number of amides is 1. The Labute approximate surface area is 147 Å². The van der Waals surface area contributed by atoms with Crippen LogP contribution in [0.2, 0.25) is 0 Å². The molecule has 0 aliphatic heterocycles. The first-order chi connectivity index (χ1) is 12.2. The number of pyridine rings is 1. The molecular weight excluding hydrogens is 322 g/mol. The minimum absolute atomic E-state index is 0.168. The first-order valence-electron chi connectivity index (χ1n) is 7.97. The quantitative estimate of drug-likeness (QED) is 0.641. The van der Waals surface area contributed by atoms with E-state index in [9.17, 15) is 4.79 Å². The molecule has 0 aliphatic rings. The first kappa shape index (κ1) is 18.5. The Bertz CT molecular complexity index is 644. The highest BCUT2D eigenvalue weighted by Gasteiger charge is 2.05. The van der Waals surface area contributed by atoms with Crippen molar-refractivity contribution in [1.29, 1.82) is 0 Å². The number of nitrogens with one attached hydrogen (secondary N) is 2. The summed E-state index contributed by atoms with van der Waals surface area (Å²) in [7, 11) is 3.22. The molecule has 0 unspecified atom stereocenters. The Kier molecular flexibility index (Phi) is 7.52. The van der Waals surface area contributed by atoms with E-state index in [1.165, 1.54) is 6.20 Å². The zero-order valence-corrected chi connectivity index (χ0v) is 14.5. The van der Waals surface area contributed by atoms with E-state index in [0.29, 0.717) is 37.7 Å². The molecule has 2 aromatic rings. The summed E-state index contributed by atoms with van der Waals surface area (Å²) in [4.78, 5) is 16.1. The van der Waals surface area contributed by atoms with Crippen LogP contribution in [0.25, 0.3) is 0 Å². The molecule has 1 amide bonds. The van der Waals surface area contributed by atoms with E-state index in [2.05, 4.69) is 15.6 Å². The lowest BCUT2D eigenvalue weighted by Gasteiger charge is -2.09. The Balaban J connectivity index is 1.71. The number of nitrogens with zero attached hydrogens (tertiary/aromatic N) is 1. The Morgan fingerprint density at radius 3 is 2.40 bits per heavy atom. The molecule has 0 radical (unpaired) electrons. The third-order valence-electron chi connectivity index (χ3n) is 3.35. The molecule has 0 fully saturated rings. The molecule has 134 valence electrons. The minimum atomic E-state index is -0.168. The molecule has 7 heteroatoms. The largest absolute Gasteiger partial charge is 0.497 e. The van der Waals surface area contributed by atoms with Gasteiger partial charge in [-0.15, -0.1) is 0 Å². The molecule has 2 rings (SSSR count). The summed E-state index contributed by atoms with van der Waals surface area (Å²) in [5.41, 5.74) is 0.510. The van der Waals surface area contributed by atoms with Gasteiger partial charge in [-0.2, -0.15) is 0 Å². The van der Waals surface area contributed by atoms with Crippen LogP contribution < -0.4 is 20.1 Å². The fraction of sp³-hybridized carbons (Fsp3) is 0.333. The van der Waals surface area contributed by atoms with Crippen LogP contribution in [-0.2, 0) is 4.74 Å². The van der Waals surface area contributed by atoms with Crippen LogP contribution in [-0.4, -0.2) is 51.4 Å². The van der Waals surface area contributed by atoms with Gasteiger partial charge in [0.2, 0.25) is 0 Å². The van der Waals surface area contributed by atoms with Crippen molar-refractivity contribution >= 4 is 11.7 Å². The second-order valence-corrected chi connectivity index (χ2v) is 5.13. The maximum Gasteiger partial charge on any atom is 0.252 e. The average molecular weight is 345 g/mol. The van der Waals surface area contributed by atoms with Crippen molar-refractivity contribution in [2.45, 2.75) is 0 Å². The van der Waals surface area contributed by atoms with Gasteiger partial charge in [0.05, 0.1) is 25.8 Å². The second kappa shape index (κ2) is 10.1. The molecule has 2 N–H and O–H groups in total. The van der Waals surface area contributed by atoms with Crippen LogP contribution in [0.3, 0.4) is 0 Å². The van der Waals surface area contributed by atoms with Crippen molar-refractivity contribution in [3.63, 3.8) is 0 Å². The molecule has 25 heavy (non-hydrogen) atoms. The van der Waals surface area contributed by atoms with Crippen LogP contribution in [0.15, 0.2) is 42.6 Å². The lowest BCUT2D eigenvalue weighted by Crippen LogP contribution is -2.27. The van der Waals surface area contributed by atoms with Gasteiger partial charge < -0.3 is 24.8 Å². The molecule has 1 aromatic heterocycles. The fourth-order valence-corrected chi connectivity index (χ4v) is 2.02. The van der Waals surface area contributed by atoms with Crippen LogP contribution in [0.4, 0.5) is 5.82 Å². The van der Waals surface area contributed by atoms with Gasteiger partial charge in [0.25, 0.3) is 5.91 Å². The topological polar surface area (TPSA) is 81.7 Å². The van der Waals surface area contributed by atoms with Gasteiger partial charge in [-0.1, -0.05) is 0 Å². The fourth-order valence-electron chi connectivity index (χ4n) is 2.02. The number of rotatable bonds is 10. The van der Waals surface area contributed by atoms with Crippen molar-refractivity contribution in [2.24, 2.45) is 0 Å². The van der Waals surface area contributed by atoms with Gasteiger partial charge in [0.15, 0.2) is 0 Å². The van der Waals surface area contributed by atoms with E-state index in [-0.39, 0.29) is 5.91 Å². The van der Waals surface area contributed by atoms with Gasteiger partial charge in [-0.3, -0.25) is 4.79 Å². The smallest absolute Gasteiger partial charge is 0.252 e. The van der Waals surface area contributed by atoms with Crippen molar-refractivity contribution in [3.8, 4) is 11.5 Å². The van der Waals surface area contributed by atoms with Crippen LogP contribution in [0.5, 0.6) is 11.5 Å². The highest BCUT2D eigenvalue weighted by Crippen LogP contribution is 2.16. The second-order valence-electron chi connectivity index (χ2n) is 5.13. The van der Waals surface area contributed by atoms with Crippen LogP contribution in [0.1, 0.15) is 10.4 Å². The normalized spacial score (nSPS) is 10.2. The van der Waals surface area contributed by atoms with Crippen LogP contribution in [0, 0.1) is 0 Å². The molecule has 0 bridgehead atoms. The monoisotopic (exact) mass is 345 g/mol. The van der Waals surface area contributed by atoms with Gasteiger partial charge in [0.1, 0.15) is 23.9 Å². The Hall–Kier alpha value is -2.80. The molecule has 0 spiro atoms. The summed E-state index contributed by atoms with van der Waals surface area (Å²) in [5, 5.41) is 5.89. The first-order valence-corrected chi connectivity index (χ1v) is 7.97. The van der Waals surface area contributed by atoms with E-state index >= 15 is 0 Å². The lowest BCUT2D eigenvalue weighted by molar-refractivity contribution is 0.0937. The van der Waals surface area contributed by atoms with Crippen LogP contribution >= 0.6 is 0 Å². The number of anilines is 1. The summed E-state index contributed by atoms with van der Waals surface area (Å²) in [6.07, 6.45) is 1.54. The maximum atomic E-state index is 11.8. The SMILES string of the molecule is COCCNC(=O)c1ccc(NCCOc2ccc(OC)cc2)nc1. The molecular formula is C18H23N3O4. The number of aromatic nitrogens is 1. The number of benzene rings is 1. The number of carbonyl (C=O) groups is 1. The summed E-state index contributed by atoms with van der Waals surface area (Å²) in [5.74, 6) is 2.09. The third kappa shape index (κ3) is 6.31. The highest BCUT2D eigenvalue weighted by atomic mass is 16.5.